The van der Waals surface area contributed by atoms with Crippen LogP contribution in [0.5, 0.6) is 0 Å². The van der Waals surface area contributed by atoms with Gasteiger partial charge in [0.2, 0.25) is 5.91 Å². The smallest absolute Gasteiger partial charge is 0.339 e. The molecule has 3 atom stereocenters. The van der Waals surface area contributed by atoms with Gasteiger partial charge in [-0.3, -0.25) is 4.79 Å². The van der Waals surface area contributed by atoms with Crippen LogP contribution in [0, 0.1) is 0 Å². The minimum atomic E-state index is -0.527. The van der Waals surface area contributed by atoms with Gasteiger partial charge in [-0.25, -0.2) is 4.79 Å². The van der Waals surface area contributed by atoms with E-state index in [4.69, 9.17) is 10.5 Å². The number of thioether (sulfide) groups is 1. The van der Waals surface area contributed by atoms with E-state index >= 15 is 0 Å². The van der Waals surface area contributed by atoms with E-state index < -0.39 is 11.4 Å². The highest BCUT2D eigenvalue weighted by atomic mass is 32.2. The number of rotatable bonds is 3. The summed E-state index contributed by atoms with van der Waals surface area (Å²) in [6.45, 7) is 0.232. The van der Waals surface area contributed by atoms with Crippen LogP contribution in [0.4, 0.5) is 0 Å². The molecule has 2 heterocycles. The second-order valence-corrected chi connectivity index (χ2v) is 5.73. The van der Waals surface area contributed by atoms with Crippen LogP contribution in [0.15, 0.2) is 30.3 Å². The predicted octanol–water partition coefficient (Wildman–Crippen LogP) is 0.341. The van der Waals surface area contributed by atoms with Gasteiger partial charge in [0.25, 0.3) is 0 Å². The zero-order chi connectivity index (χ0) is 13.4. The number of β-lactam (4-membered cyclic amide) rings is 1. The molecule has 0 bridgehead atoms. The minimum absolute atomic E-state index is 0.00762. The molecule has 2 saturated heterocycles. The van der Waals surface area contributed by atoms with E-state index in [1.165, 1.54) is 11.8 Å². The number of hydrogen-bond acceptors (Lipinski definition) is 5. The van der Waals surface area contributed by atoms with Gasteiger partial charge in [-0.05, 0) is 5.56 Å². The van der Waals surface area contributed by atoms with Crippen LogP contribution in [-0.2, 0) is 20.9 Å². The Kier molecular flexibility index (Phi) is 3.20. The van der Waals surface area contributed by atoms with Crippen molar-refractivity contribution in [1.82, 2.24) is 4.90 Å². The Labute approximate surface area is 115 Å². The molecular formula is C13H14N2O3S. The second kappa shape index (κ2) is 4.86. The van der Waals surface area contributed by atoms with E-state index in [-0.39, 0.29) is 24.5 Å². The number of esters is 1. The van der Waals surface area contributed by atoms with Gasteiger partial charge in [0.05, 0.1) is 6.04 Å². The lowest BCUT2D eigenvalue weighted by molar-refractivity contribution is -0.160. The van der Waals surface area contributed by atoms with Crippen molar-refractivity contribution in [3.05, 3.63) is 35.9 Å². The van der Waals surface area contributed by atoms with Crippen LogP contribution in [0.3, 0.4) is 0 Å². The van der Waals surface area contributed by atoms with Gasteiger partial charge in [0.15, 0.2) is 5.37 Å². The summed E-state index contributed by atoms with van der Waals surface area (Å²) in [6, 6.07) is 9.02. The Bertz CT molecular complexity index is 508. The highest BCUT2D eigenvalue weighted by Crippen LogP contribution is 2.37. The van der Waals surface area contributed by atoms with Gasteiger partial charge in [-0.1, -0.05) is 30.3 Å². The van der Waals surface area contributed by atoms with Gasteiger partial charge in [-0.15, -0.1) is 11.8 Å². The zero-order valence-corrected chi connectivity index (χ0v) is 11.0. The number of fused-ring (bicyclic) bond motifs is 1. The number of benzene rings is 1. The molecule has 1 aromatic carbocycles. The van der Waals surface area contributed by atoms with Gasteiger partial charge >= 0.3 is 5.97 Å². The maximum atomic E-state index is 12.0. The summed E-state index contributed by atoms with van der Waals surface area (Å²) in [5.41, 5.74) is 6.61. The quantitative estimate of drug-likeness (QED) is 0.637. The molecule has 0 aliphatic carbocycles. The van der Waals surface area contributed by atoms with Crippen LogP contribution in [0.1, 0.15) is 5.56 Å². The molecule has 1 amide bonds. The molecule has 100 valence electrons. The third-order valence-electron chi connectivity index (χ3n) is 3.41. The summed E-state index contributed by atoms with van der Waals surface area (Å²) in [7, 11) is 0. The van der Waals surface area contributed by atoms with Crippen LogP contribution >= 0.6 is 11.8 Å². The number of amides is 1. The first-order valence-electron chi connectivity index (χ1n) is 6.08. The molecular weight excluding hydrogens is 264 g/mol. The molecule has 0 saturated carbocycles. The maximum Gasteiger partial charge on any atom is 0.339 e. The highest BCUT2D eigenvalue weighted by Gasteiger charge is 2.55. The van der Waals surface area contributed by atoms with Crippen molar-refractivity contribution in [1.29, 1.82) is 0 Å². The van der Waals surface area contributed by atoms with Gasteiger partial charge in [0.1, 0.15) is 12.6 Å². The standard InChI is InChI=1S/C13H14N2O3S/c14-10-9-7-19-12(15(9)11(10)16)13(17)18-6-8-4-2-1-3-5-8/h1-5,9-10,12H,6-7,14H2/t9?,10-,12?/m1/s1. The molecule has 2 aliphatic rings. The van der Waals surface area contributed by atoms with Gasteiger partial charge in [0, 0.05) is 5.75 Å². The Balaban J connectivity index is 1.58. The second-order valence-electron chi connectivity index (χ2n) is 4.62. The molecule has 2 aliphatic heterocycles. The van der Waals surface area contributed by atoms with Crippen molar-refractivity contribution < 1.29 is 14.3 Å². The lowest BCUT2D eigenvalue weighted by Crippen LogP contribution is -2.69. The SMILES string of the molecule is N[C@H]1C(=O)N2C(C(=O)OCc3ccccc3)SCC12. The van der Waals surface area contributed by atoms with E-state index in [0.717, 1.165) is 5.56 Å². The van der Waals surface area contributed by atoms with E-state index in [2.05, 4.69) is 0 Å². The molecule has 5 nitrogen and oxygen atoms in total. The largest absolute Gasteiger partial charge is 0.459 e. The summed E-state index contributed by atoms with van der Waals surface area (Å²) in [5, 5.41) is -0.527. The number of carbonyl (C=O) groups is 2. The van der Waals surface area contributed by atoms with E-state index in [0.29, 0.717) is 5.75 Å². The molecule has 0 spiro atoms. The van der Waals surface area contributed by atoms with Crippen LogP contribution in [0.25, 0.3) is 0 Å². The van der Waals surface area contributed by atoms with Gasteiger partial charge < -0.3 is 15.4 Å². The topological polar surface area (TPSA) is 72.6 Å². The average Bonchev–Trinajstić information content (AvgIpc) is 2.86. The zero-order valence-electron chi connectivity index (χ0n) is 10.2. The Morgan fingerprint density at radius 2 is 2.16 bits per heavy atom. The van der Waals surface area contributed by atoms with Crippen molar-refractivity contribution in [3.8, 4) is 0 Å². The van der Waals surface area contributed by atoms with E-state index in [1.807, 2.05) is 30.3 Å². The first-order valence-corrected chi connectivity index (χ1v) is 7.13. The lowest BCUT2D eigenvalue weighted by Gasteiger charge is -2.41. The highest BCUT2D eigenvalue weighted by molar-refractivity contribution is 8.00. The fraction of sp³-hybridized carbons (Fsp3) is 0.385. The minimum Gasteiger partial charge on any atom is -0.459 e. The Morgan fingerprint density at radius 3 is 2.89 bits per heavy atom. The number of hydrogen-bond donors (Lipinski definition) is 1. The van der Waals surface area contributed by atoms with Crippen LogP contribution in [-0.4, -0.2) is 40.0 Å². The molecule has 19 heavy (non-hydrogen) atoms. The summed E-state index contributed by atoms with van der Waals surface area (Å²) in [4.78, 5) is 25.1. The van der Waals surface area contributed by atoms with Crippen molar-refractivity contribution in [2.45, 2.75) is 24.1 Å². The number of ether oxygens (including phenoxy) is 1. The average molecular weight is 278 g/mol. The first kappa shape index (κ1) is 12.5. The van der Waals surface area contributed by atoms with E-state index in [1.54, 1.807) is 4.90 Å². The molecule has 2 unspecified atom stereocenters. The van der Waals surface area contributed by atoms with Crippen molar-refractivity contribution >= 4 is 23.6 Å². The molecule has 6 heteroatoms. The summed E-state index contributed by atoms with van der Waals surface area (Å²) in [6.07, 6.45) is 0. The molecule has 2 N–H and O–H groups in total. The normalized spacial score (nSPS) is 28.8. The van der Waals surface area contributed by atoms with Crippen LogP contribution < -0.4 is 5.73 Å². The Hall–Kier alpha value is -1.53. The summed E-state index contributed by atoms with van der Waals surface area (Å²) in [5.74, 6) is 0.186. The maximum absolute atomic E-state index is 12.0. The third kappa shape index (κ3) is 2.11. The van der Waals surface area contributed by atoms with Crippen molar-refractivity contribution in [2.75, 3.05) is 5.75 Å². The summed E-state index contributed by atoms with van der Waals surface area (Å²) < 4.78 is 5.25. The molecule has 3 rings (SSSR count). The molecule has 0 radical (unpaired) electrons. The van der Waals surface area contributed by atoms with E-state index in [9.17, 15) is 9.59 Å². The predicted molar refractivity (Wildman–Crippen MR) is 71.1 cm³/mol. The third-order valence-corrected chi connectivity index (χ3v) is 4.68. The molecule has 1 aromatic rings. The fourth-order valence-corrected chi connectivity index (χ4v) is 3.69. The first-order chi connectivity index (χ1) is 9.18. The number of nitrogens with zero attached hydrogens (tertiary/aromatic N) is 1. The molecule has 2 fully saturated rings. The summed E-state index contributed by atoms with van der Waals surface area (Å²) >= 11 is 1.42. The fourth-order valence-electron chi connectivity index (χ4n) is 2.32. The Morgan fingerprint density at radius 1 is 1.42 bits per heavy atom. The number of nitrogens with two attached hydrogens (primary N) is 1. The van der Waals surface area contributed by atoms with Crippen LogP contribution in [0.2, 0.25) is 0 Å². The van der Waals surface area contributed by atoms with Crippen molar-refractivity contribution in [2.24, 2.45) is 5.73 Å². The lowest BCUT2D eigenvalue weighted by atomic mass is 9.98. The molecule has 0 aromatic heterocycles. The van der Waals surface area contributed by atoms with Crippen molar-refractivity contribution in [3.63, 3.8) is 0 Å². The monoisotopic (exact) mass is 278 g/mol. The van der Waals surface area contributed by atoms with Gasteiger partial charge in [-0.2, -0.15) is 0 Å². The number of carbonyl (C=O) groups excluding carboxylic acids is 2.